The molecule has 0 aliphatic carbocycles. The van der Waals surface area contributed by atoms with Crippen molar-refractivity contribution in [2.24, 2.45) is 5.92 Å². The highest BCUT2D eigenvalue weighted by Gasteiger charge is 2.23. The van der Waals surface area contributed by atoms with Crippen molar-refractivity contribution in [1.29, 1.82) is 0 Å². The molecule has 0 bridgehead atoms. The van der Waals surface area contributed by atoms with Crippen LogP contribution in [0, 0.1) is 5.92 Å². The first-order valence-corrected chi connectivity index (χ1v) is 9.02. The number of hydrogen-bond acceptors (Lipinski definition) is 1. The molecule has 2 atom stereocenters. The molecule has 0 spiro atoms. The Balaban J connectivity index is 2.89. The number of aromatic hydroxyl groups is 1. The van der Waals surface area contributed by atoms with E-state index in [0.29, 0.717) is 11.7 Å². The average molecular weight is 290 g/mol. The molecule has 0 amide bonds. The van der Waals surface area contributed by atoms with Gasteiger partial charge in [0.2, 0.25) is 0 Å². The van der Waals surface area contributed by atoms with Crippen molar-refractivity contribution in [2.45, 2.75) is 84.5 Å². The molecule has 120 valence electrons. The largest absolute Gasteiger partial charge is 0.508 e. The maximum atomic E-state index is 10.3. The summed E-state index contributed by atoms with van der Waals surface area (Å²) in [5, 5.41) is 10.3. The van der Waals surface area contributed by atoms with Crippen LogP contribution in [-0.2, 0) is 0 Å². The van der Waals surface area contributed by atoms with E-state index in [2.05, 4.69) is 32.9 Å². The minimum Gasteiger partial charge on any atom is -0.508 e. The smallest absolute Gasteiger partial charge is 0.119 e. The van der Waals surface area contributed by atoms with Gasteiger partial charge in [-0.05, 0) is 36.3 Å². The Morgan fingerprint density at radius 2 is 1.52 bits per heavy atom. The second-order valence-corrected chi connectivity index (χ2v) is 6.35. The van der Waals surface area contributed by atoms with Gasteiger partial charge >= 0.3 is 0 Å². The number of hydrogen-bond donors (Lipinski definition) is 1. The van der Waals surface area contributed by atoms with Crippen LogP contribution in [0.2, 0.25) is 0 Å². The lowest BCUT2D eigenvalue weighted by atomic mass is 9.77. The lowest BCUT2D eigenvalue weighted by Gasteiger charge is -2.28. The molecule has 0 saturated heterocycles. The summed E-state index contributed by atoms with van der Waals surface area (Å²) < 4.78 is 0. The maximum absolute atomic E-state index is 10.3. The molecule has 0 aromatic heterocycles. The molecular formula is C20H34O. The van der Waals surface area contributed by atoms with Gasteiger partial charge < -0.3 is 5.11 Å². The Labute approximate surface area is 131 Å². The van der Waals surface area contributed by atoms with Gasteiger partial charge in [-0.15, -0.1) is 0 Å². The van der Waals surface area contributed by atoms with Crippen LogP contribution in [0.5, 0.6) is 5.75 Å². The lowest BCUT2D eigenvalue weighted by molar-refractivity contribution is 0.326. The van der Waals surface area contributed by atoms with E-state index in [1.807, 2.05) is 12.1 Å². The van der Waals surface area contributed by atoms with Crippen molar-refractivity contribution < 1.29 is 5.11 Å². The van der Waals surface area contributed by atoms with E-state index in [0.717, 1.165) is 5.92 Å². The summed E-state index contributed by atoms with van der Waals surface area (Å²) in [6.45, 7) is 6.82. The fraction of sp³-hybridized carbons (Fsp3) is 0.700. The molecule has 1 rings (SSSR count). The zero-order valence-electron chi connectivity index (χ0n) is 14.3. The Morgan fingerprint density at radius 3 is 2.14 bits per heavy atom. The van der Waals surface area contributed by atoms with Crippen LogP contribution in [0.25, 0.3) is 0 Å². The summed E-state index contributed by atoms with van der Waals surface area (Å²) in [5.41, 5.74) is 1.18. The summed E-state index contributed by atoms with van der Waals surface area (Å²) in [6.07, 6.45) is 11.5. The molecule has 1 nitrogen and oxygen atoms in total. The minimum atomic E-state index is 0.497. The predicted molar refractivity (Wildman–Crippen MR) is 92.9 cm³/mol. The Bertz CT molecular complexity index is 372. The van der Waals surface area contributed by atoms with Crippen molar-refractivity contribution in [3.8, 4) is 5.75 Å². The van der Waals surface area contributed by atoms with Gasteiger partial charge in [-0.2, -0.15) is 0 Å². The Morgan fingerprint density at radius 1 is 0.810 bits per heavy atom. The van der Waals surface area contributed by atoms with Crippen LogP contribution < -0.4 is 0 Å². The van der Waals surface area contributed by atoms with Crippen LogP contribution in [-0.4, -0.2) is 5.11 Å². The minimum absolute atomic E-state index is 0.497. The monoisotopic (exact) mass is 290 g/mol. The van der Waals surface area contributed by atoms with Gasteiger partial charge in [0.05, 0.1) is 0 Å². The second-order valence-electron chi connectivity index (χ2n) is 6.35. The highest BCUT2D eigenvalue weighted by atomic mass is 16.3. The third kappa shape index (κ3) is 6.11. The molecule has 21 heavy (non-hydrogen) atoms. The van der Waals surface area contributed by atoms with Gasteiger partial charge in [-0.1, -0.05) is 83.9 Å². The zero-order valence-corrected chi connectivity index (χ0v) is 14.3. The van der Waals surface area contributed by atoms with Gasteiger partial charge in [0.25, 0.3) is 0 Å². The molecule has 2 unspecified atom stereocenters. The summed E-state index contributed by atoms with van der Waals surface area (Å²) in [4.78, 5) is 0. The molecule has 0 saturated carbocycles. The first kappa shape index (κ1) is 18.1. The number of rotatable bonds is 11. The normalized spacial score (nSPS) is 14.0. The molecule has 1 aromatic carbocycles. The highest BCUT2D eigenvalue weighted by Crippen LogP contribution is 2.39. The number of benzene rings is 1. The third-order valence-corrected chi connectivity index (χ3v) is 4.61. The fourth-order valence-electron chi connectivity index (χ4n) is 3.44. The second kappa shape index (κ2) is 10.7. The zero-order chi connectivity index (χ0) is 15.5. The molecular weight excluding hydrogens is 256 g/mol. The van der Waals surface area contributed by atoms with E-state index in [-0.39, 0.29) is 0 Å². The van der Waals surface area contributed by atoms with E-state index in [4.69, 9.17) is 0 Å². The van der Waals surface area contributed by atoms with Gasteiger partial charge in [-0.25, -0.2) is 0 Å². The molecule has 0 fully saturated rings. The van der Waals surface area contributed by atoms with Gasteiger partial charge in [0.15, 0.2) is 0 Å². The molecule has 1 aromatic rings. The first-order valence-electron chi connectivity index (χ1n) is 9.02. The van der Waals surface area contributed by atoms with E-state index in [1.54, 1.807) is 0 Å². The summed E-state index contributed by atoms with van der Waals surface area (Å²) >= 11 is 0. The molecule has 0 heterocycles. The van der Waals surface area contributed by atoms with Crippen LogP contribution in [0.1, 0.15) is 90.0 Å². The molecule has 1 heteroatoms. The SMILES string of the molecule is CCCCCC(c1ccccc1O)C(CCC)CCCC. The summed E-state index contributed by atoms with van der Waals surface area (Å²) in [5.74, 6) is 1.75. The number of unbranched alkanes of at least 4 members (excludes halogenated alkanes) is 3. The Hall–Kier alpha value is -0.980. The van der Waals surface area contributed by atoms with Crippen molar-refractivity contribution in [3.63, 3.8) is 0 Å². The standard InChI is InChI=1S/C20H34O/c1-4-7-9-14-18(17(12-6-3)13-8-5-2)19-15-10-11-16-20(19)21/h10-11,15-18,21H,4-9,12-14H2,1-3H3. The number of phenols is 1. The third-order valence-electron chi connectivity index (χ3n) is 4.61. The van der Waals surface area contributed by atoms with Crippen LogP contribution >= 0.6 is 0 Å². The number of phenolic OH excluding ortho intramolecular Hbond substituents is 1. The van der Waals surface area contributed by atoms with Crippen molar-refractivity contribution in [3.05, 3.63) is 29.8 Å². The van der Waals surface area contributed by atoms with Gasteiger partial charge in [-0.3, -0.25) is 0 Å². The first-order chi connectivity index (χ1) is 10.2. The topological polar surface area (TPSA) is 20.2 Å². The van der Waals surface area contributed by atoms with Crippen LogP contribution in [0.3, 0.4) is 0 Å². The molecule has 0 radical (unpaired) electrons. The van der Waals surface area contributed by atoms with Crippen molar-refractivity contribution in [2.75, 3.05) is 0 Å². The van der Waals surface area contributed by atoms with E-state index in [9.17, 15) is 5.11 Å². The molecule has 0 aliphatic heterocycles. The summed E-state index contributed by atoms with van der Waals surface area (Å²) in [6, 6.07) is 8.00. The van der Waals surface area contributed by atoms with Crippen molar-refractivity contribution in [1.82, 2.24) is 0 Å². The van der Waals surface area contributed by atoms with Crippen LogP contribution in [0.4, 0.5) is 0 Å². The Kier molecular flexibility index (Phi) is 9.21. The van der Waals surface area contributed by atoms with E-state index >= 15 is 0 Å². The molecule has 0 aliphatic rings. The fourth-order valence-corrected chi connectivity index (χ4v) is 3.44. The lowest BCUT2D eigenvalue weighted by Crippen LogP contribution is -2.14. The predicted octanol–water partition coefficient (Wildman–Crippen LogP) is 6.66. The van der Waals surface area contributed by atoms with E-state index in [1.165, 1.54) is 63.4 Å². The quantitative estimate of drug-likeness (QED) is 0.452. The number of para-hydroxylation sites is 1. The average Bonchev–Trinajstić information content (AvgIpc) is 2.49. The highest BCUT2D eigenvalue weighted by molar-refractivity contribution is 5.35. The van der Waals surface area contributed by atoms with Crippen LogP contribution in [0.15, 0.2) is 24.3 Å². The molecule has 1 N–H and O–H groups in total. The van der Waals surface area contributed by atoms with Crippen molar-refractivity contribution >= 4 is 0 Å². The van der Waals surface area contributed by atoms with Gasteiger partial charge in [0.1, 0.15) is 5.75 Å². The van der Waals surface area contributed by atoms with E-state index < -0.39 is 0 Å². The van der Waals surface area contributed by atoms with Gasteiger partial charge in [0, 0.05) is 0 Å². The summed E-state index contributed by atoms with van der Waals surface area (Å²) in [7, 11) is 0. The maximum Gasteiger partial charge on any atom is 0.119 e.